The molecule has 2 rings (SSSR count). The van der Waals surface area contributed by atoms with Gasteiger partial charge in [0, 0.05) is 5.38 Å². The van der Waals surface area contributed by atoms with Crippen LogP contribution < -0.4 is 10.6 Å². The van der Waals surface area contributed by atoms with Gasteiger partial charge in [-0.2, -0.15) is 0 Å². The number of aliphatic carboxylic acids is 1. The standard InChI is InChI=1S/C16H17N3O5S/c1-10(14(21)22)17-13(20)7-12-9-25-15(18-12)19-16(23)24-8-11-5-3-2-4-6-11/h2-6,9-10H,7-8H2,1H3,(H,17,20)(H,21,22)(H,18,19,23). The van der Waals surface area contributed by atoms with E-state index in [2.05, 4.69) is 15.6 Å². The minimum absolute atomic E-state index is 0.0745. The number of carbonyl (C=O) groups is 3. The molecule has 1 aromatic carbocycles. The van der Waals surface area contributed by atoms with Crippen molar-refractivity contribution in [3.63, 3.8) is 0 Å². The number of ether oxygens (including phenoxy) is 1. The number of carboxylic acid groups (broad SMARTS) is 1. The fraction of sp³-hybridized carbons (Fsp3) is 0.250. The molecular formula is C16H17N3O5S. The molecule has 8 nitrogen and oxygen atoms in total. The number of nitrogens with one attached hydrogen (secondary N) is 2. The van der Waals surface area contributed by atoms with Crippen LogP contribution in [0.1, 0.15) is 18.2 Å². The molecule has 0 fully saturated rings. The minimum atomic E-state index is -1.12. The number of nitrogens with zero attached hydrogens (tertiary/aromatic N) is 1. The summed E-state index contributed by atoms with van der Waals surface area (Å²) < 4.78 is 5.07. The lowest BCUT2D eigenvalue weighted by molar-refractivity contribution is -0.141. The third kappa shape index (κ3) is 6.22. The van der Waals surface area contributed by atoms with Crippen LogP contribution in [-0.4, -0.2) is 34.1 Å². The molecule has 9 heteroatoms. The summed E-state index contributed by atoms with van der Waals surface area (Å²) >= 11 is 1.15. The van der Waals surface area contributed by atoms with Crippen LogP contribution in [0.3, 0.4) is 0 Å². The first-order valence-electron chi connectivity index (χ1n) is 7.38. The molecule has 2 aromatic rings. The Morgan fingerprint density at radius 2 is 2.00 bits per heavy atom. The van der Waals surface area contributed by atoms with Gasteiger partial charge in [-0.3, -0.25) is 14.9 Å². The van der Waals surface area contributed by atoms with Crippen LogP contribution in [0.5, 0.6) is 0 Å². The fourth-order valence-electron chi connectivity index (χ4n) is 1.81. The summed E-state index contributed by atoms with van der Waals surface area (Å²) in [5.41, 5.74) is 1.29. The molecule has 0 spiro atoms. The predicted molar refractivity (Wildman–Crippen MR) is 91.3 cm³/mol. The molecule has 0 aliphatic carbocycles. The molecule has 1 atom stereocenters. The molecule has 3 N–H and O–H groups in total. The van der Waals surface area contributed by atoms with Crippen molar-refractivity contribution in [3.8, 4) is 0 Å². The van der Waals surface area contributed by atoms with Gasteiger partial charge in [0.25, 0.3) is 0 Å². The summed E-state index contributed by atoms with van der Waals surface area (Å²) in [4.78, 5) is 38.2. The Labute approximate surface area is 147 Å². The van der Waals surface area contributed by atoms with Crippen LogP contribution in [0.4, 0.5) is 9.93 Å². The van der Waals surface area contributed by atoms with Crippen molar-refractivity contribution in [3.05, 3.63) is 47.0 Å². The first-order chi connectivity index (χ1) is 11.9. The second kappa shape index (κ2) is 8.78. The first kappa shape index (κ1) is 18.4. The Balaban J connectivity index is 1.79. The van der Waals surface area contributed by atoms with Crippen molar-refractivity contribution < 1.29 is 24.2 Å². The molecule has 25 heavy (non-hydrogen) atoms. The van der Waals surface area contributed by atoms with E-state index in [9.17, 15) is 14.4 Å². The number of thiazole rings is 1. The first-order valence-corrected chi connectivity index (χ1v) is 8.26. The summed E-state index contributed by atoms with van der Waals surface area (Å²) in [6.45, 7) is 1.51. The third-order valence-electron chi connectivity index (χ3n) is 3.06. The van der Waals surface area contributed by atoms with E-state index in [1.165, 1.54) is 6.92 Å². The van der Waals surface area contributed by atoms with Crippen molar-refractivity contribution in [2.24, 2.45) is 0 Å². The van der Waals surface area contributed by atoms with E-state index < -0.39 is 24.0 Å². The second-order valence-electron chi connectivity index (χ2n) is 5.13. The van der Waals surface area contributed by atoms with E-state index in [0.29, 0.717) is 10.8 Å². The Hall–Kier alpha value is -2.94. The lowest BCUT2D eigenvalue weighted by atomic mass is 10.2. The van der Waals surface area contributed by atoms with E-state index >= 15 is 0 Å². The maximum absolute atomic E-state index is 11.7. The highest BCUT2D eigenvalue weighted by atomic mass is 32.1. The van der Waals surface area contributed by atoms with E-state index in [0.717, 1.165) is 16.9 Å². The highest BCUT2D eigenvalue weighted by Crippen LogP contribution is 2.16. The van der Waals surface area contributed by atoms with Gasteiger partial charge in [0.2, 0.25) is 5.91 Å². The van der Waals surface area contributed by atoms with Gasteiger partial charge in [0.15, 0.2) is 5.13 Å². The molecule has 0 aliphatic rings. The van der Waals surface area contributed by atoms with E-state index in [1.54, 1.807) is 5.38 Å². The topological polar surface area (TPSA) is 118 Å². The van der Waals surface area contributed by atoms with Crippen LogP contribution in [0.2, 0.25) is 0 Å². The number of amides is 2. The smallest absolute Gasteiger partial charge is 0.413 e. The van der Waals surface area contributed by atoms with E-state index in [1.807, 2.05) is 30.3 Å². The van der Waals surface area contributed by atoms with Crippen molar-refractivity contribution in [1.29, 1.82) is 0 Å². The summed E-state index contributed by atoms with van der Waals surface area (Å²) in [5, 5.41) is 15.5. The molecule has 1 aromatic heterocycles. The third-order valence-corrected chi connectivity index (χ3v) is 3.87. The van der Waals surface area contributed by atoms with Crippen molar-refractivity contribution in [2.75, 3.05) is 5.32 Å². The number of hydrogen-bond acceptors (Lipinski definition) is 6. The number of rotatable bonds is 7. The number of anilines is 1. The molecule has 0 radical (unpaired) electrons. The number of aromatic nitrogens is 1. The van der Waals surface area contributed by atoms with Gasteiger partial charge < -0.3 is 15.2 Å². The van der Waals surface area contributed by atoms with Gasteiger partial charge in [0.05, 0.1) is 12.1 Å². The number of carboxylic acids is 1. The van der Waals surface area contributed by atoms with Gasteiger partial charge in [-0.25, -0.2) is 9.78 Å². The van der Waals surface area contributed by atoms with Gasteiger partial charge >= 0.3 is 12.1 Å². The van der Waals surface area contributed by atoms with Gasteiger partial charge in [-0.15, -0.1) is 11.3 Å². The zero-order valence-corrected chi connectivity index (χ0v) is 14.2. The minimum Gasteiger partial charge on any atom is -0.480 e. The number of hydrogen-bond donors (Lipinski definition) is 3. The molecule has 1 unspecified atom stereocenters. The van der Waals surface area contributed by atoms with Gasteiger partial charge in [-0.1, -0.05) is 30.3 Å². The van der Waals surface area contributed by atoms with E-state index in [-0.39, 0.29) is 13.0 Å². The van der Waals surface area contributed by atoms with Crippen LogP contribution in [0.25, 0.3) is 0 Å². The highest BCUT2D eigenvalue weighted by molar-refractivity contribution is 7.13. The summed E-state index contributed by atoms with van der Waals surface area (Å²) in [6.07, 6.45) is -0.719. The van der Waals surface area contributed by atoms with Crippen LogP contribution in [0.15, 0.2) is 35.7 Å². The summed E-state index contributed by atoms with van der Waals surface area (Å²) in [7, 11) is 0. The lowest BCUT2D eigenvalue weighted by Gasteiger charge is -2.07. The molecule has 0 aliphatic heterocycles. The van der Waals surface area contributed by atoms with Gasteiger partial charge in [-0.05, 0) is 12.5 Å². The molecule has 132 valence electrons. The zero-order valence-electron chi connectivity index (χ0n) is 13.4. The SMILES string of the molecule is CC(NC(=O)Cc1csc(NC(=O)OCc2ccccc2)n1)C(=O)O. The van der Waals surface area contributed by atoms with Crippen molar-refractivity contribution in [1.82, 2.24) is 10.3 Å². The Morgan fingerprint density at radius 1 is 1.28 bits per heavy atom. The Bertz CT molecular complexity index is 747. The van der Waals surface area contributed by atoms with Crippen LogP contribution in [0, 0.1) is 0 Å². The fourth-order valence-corrected chi connectivity index (χ4v) is 2.51. The quantitative estimate of drug-likeness (QED) is 0.693. The summed E-state index contributed by atoms with van der Waals surface area (Å²) in [5.74, 6) is -1.58. The Morgan fingerprint density at radius 3 is 2.68 bits per heavy atom. The van der Waals surface area contributed by atoms with Crippen LogP contribution >= 0.6 is 11.3 Å². The van der Waals surface area contributed by atoms with Crippen molar-refractivity contribution >= 4 is 34.4 Å². The molecular weight excluding hydrogens is 346 g/mol. The monoisotopic (exact) mass is 363 g/mol. The number of benzene rings is 1. The average Bonchev–Trinajstić information content (AvgIpc) is 3.00. The van der Waals surface area contributed by atoms with E-state index in [4.69, 9.17) is 9.84 Å². The predicted octanol–water partition coefficient (Wildman–Crippen LogP) is 2.02. The maximum Gasteiger partial charge on any atom is 0.413 e. The normalized spacial score (nSPS) is 11.4. The molecule has 0 bridgehead atoms. The average molecular weight is 363 g/mol. The van der Waals surface area contributed by atoms with Crippen LogP contribution in [-0.2, 0) is 27.4 Å². The van der Waals surface area contributed by atoms with Crippen molar-refractivity contribution in [2.45, 2.75) is 26.0 Å². The lowest BCUT2D eigenvalue weighted by Crippen LogP contribution is -2.39. The molecule has 0 saturated heterocycles. The summed E-state index contributed by atoms with van der Waals surface area (Å²) in [6, 6.07) is 8.27. The highest BCUT2D eigenvalue weighted by Gasteiger charge is 2.15. The molecule has 0 saturated carbocycles. The maximum atomic E-state index is 11.7. The second-order valence-corrected chi connectivity index (χ2v) is 5.99. The largest absolute Gasteiger partial charge is 0.480 e. The zero-order chi connectivity index (χ0) is 18.2. The molecule has 1 heterocycles. The van der Waals surface area contributed by atoms with Gasteiger partial charge in [0.1, 0.15) is 12.6 Å². The molecule has 2 amide bonds. The number of carbonyl (C=O) groups excluding carboxylic acids is 2. The Kier molecular flexibility index (Phi) is 6.47.